The van der Waals surface area contributed by atoms with Crippen LogP contribution in [0.15, 0.2) is 40.2 Å². The van der Waals surface area contributed by atoms with Crippen molar-refractivity contribution in [2.24, 2.45) is 0 Å². The first kappa shape index (κ1) is 15.5. The lowest BCUT2D eigenvalue weighted by Gasteiger charge is -2.14. The van der Waals surface area contributed by atoms with E-state index in [1.165, 1.54) is 11.3 Å². The van der Waals surface area contributed by atoms with Crippen LogP contribution >= 0.6 is 27.3 Å². The van der Waals surface area contributed by atoms with Gasteiger partial charge in [-0.25, -0.2) is 9.59 Å². The molecular formula is C14H13BrN2O3S. The first-order valence-electron chi connectivity index (χ1n) is 6.07. The van der Waals surface area contributed by atoms with Gasteiger partial charge in [0, 0.05) is 15.0 Å². The summed E-state index contributed by atoms with van der Waals surface area (Å²) in [5.74, 6) is -1.10. The number of halogens is 1. The molecule has 21 heavy (non-hydrogen) atoms. The lowest BCUT2D eigenvalue weighted by molar-refractivity contribution is -0.139. The van der Waals surface area contributed by atoms with Crippen molar-refractivity contribution in [3.05, 3.63) is 50.6 Å². The highest BCUT2D eigenvalue weighted by Gasteiger charge is 2.22. The maximum atomic E-state index is 11.9. The summed E-state index contributed by atoms with van der Waals surface area (Å²) in [5.41, 5.74) is 1.63. The molecule has 0 aliphatic heterocycles. The van der Waals surface area contributed by atoms with Crippen LogP contribution < -0.4 is 10.6 Å². The van der Waals surface area contributed by atoms with Crippen LogP contribution in [0, 0.1) is 6.92 Å². The number of anilines is 1. The van der Waals surface area contributed by atoms with Crippen molar-refractivity contribution in [1.82, 2.24) is 5.32 Å². The van der Waals surface area contributed by atoms with Crippen LogP contribution in [-0.4, -0.2) is 17.1 Å². The number of nitrogens with one attached hydrogen (secondary N) is 2. The third kappa shape index (κ3) is 4.05. The van der Waals surface area contributed by atoms with Crippen molar-refractivity contribution in [3.63, 3.8) is 0 Å². The van der Waals surface area contributed by atoms with Gasteiger partial charge >= 0.3 is 12.0 Å². The molecule has 5 nitrogen and oxygen atoms in total. The van der Waals surface area contributed by atoms with Crippen molar-refractivity contribution >= 4 is 45.0 Å². The molecule has 2 rings (SSSR count). The van der Waals surface area contributed by atoms with Crippen molar-refractivity contribution in [2.45, 2.75) is 13.0 Å². The zero-order chi connectivity index (χ0) is 15.4. The summed E-state index contributed by atoms with van der Waals surface area (Å²) in [6.45, 7) is 1.94. The second-order valence-corrected chi connectivity index (χ2v) is 6.18. The average molecular weight is 369 g/mol. The molecule has 1 atom stereocenters. The molecule has 0 aliphatic rings. The van der Waals surface area contributed by atoms with Gasteiger partial charge in [0.1, 0.15) is 0 Å². The van der Waals surface area contributed by atoms with Crippen LogP contribution in [0.25, 0.3) is 0 Å². The third-order valence-electron chi connectivity index (χ3n) is 2.78. The Labute approximate surface area is 134 Å². The first-order valence-corrected chi connectivity index (χ1v) is 7.74. The van der Waals surface area contributed by atoms with Crippen LogP contribution in [0.4, 0.5) is 10.5 Å². The molecule has 1 unspecified atom stereocenters. The highest BCUT2D eigenvalue weighted by atomic mass is 79.9. The highest BCUT2D eigenvalue weighted by Crippen LogP contribution is 2.22. The molecule has 1 aromatic heterocycles. The molecule has 110 valence electrons. The maximum Gasteiger partial charge on any atom is 0.331 e. The van der Waals surface area contributed by atoms with E-state index in [0.717, 1.165) is 10.0 Å². The number of rotatable bonds is 4. The van der Waals surface area contributed by atoms with Gasteiger partial charge < -0.3 is 15.7 Å². The Morgan fingerprint density at radius 1 is 1.33 bits per heavy atom. The van der Waals surface area contributed by atoms with Crippen molar-refractivity contribution in [3.8, 4) is 0 Å². The molecule has 7 heteroatoms. The molecule has 0 radical (unpaired) electrons. The van der Waals surface area contributed by atoms with Gasteiger partial charge in [-0.2, -0.15) is 0 Å². The second-order valence-electron chi connectivity index (χ2n) is 4.35. The van der Waals surface area contributed by atoms with Gasteiger partial charge in [0.25, 0.3) is 0 Å². The zero-order valence-corrected chi connectivity index (χ0v) is 13.5. The van der Waals surface area contributed by atoms with Gasteiger partial charge in [0.15, 0.2) is 6.04 Å². The van der Waals surface area contributed by atoms with E-state index in [0.29, 0.717) is 10.6 Å². The highest BCUT2D eigenvalue weighted by molar-refractivity contribution is 9.10. The molecule has 0 spiro atoms. The van der Waals surface area contributed by atoms with Gasteiger partial charge in [0.05, 0.1) is 0 Å². The summed E-state index contributed by atoms with van der Waals surface area (Å²) in [4.78, 5) is 23.7. The minimum absolute atomic E-state index is 0.563. The van der Waals surface area contributed by atoms with E-state index in [9.17, 15) is 14.7 Å². The summed E-state index contributed by atoms with van der Waals surface area (Å²) in [6, 6.07) is 7.16. The van der Waals surface area contributed by atoms with E-state index in [2.05, 4.69) is 26.6 Å². The number of thiophene rings is 1. The fourth-order valence-electron chi connectivity index (χ4n) is 1.68. The van der Waals surface area contributed by atoms with Crippen LogP contribution in [-0.2, 0) is 4.79 Å². The Hall–Kier alpha value is -1.86. The average Bonchev–Trinajstić information content (AvgIpc) is 2.93. The van der Waals surface area contributed by atoms with E-state index < -0.39 is 18.0 Å². The molecule has 0 saturated carbocycles. The summed E-state index contributed by atoms with van der Waals surface area (Å²) >= 11 is 4.66. The van der Waals surface area contributed by atoms with E-state index >= 15 is 0 Å². The van der Waals surface area contributed by atoms with Crippen molar-refractivity contribution < 1.29 is 14.7 Å². The van der Waals surface area contributed by atoms with Gasteiger partial charge in [-0.3, -0.25) is 0 Å². The topological polar surface area (TPSA) is 78.4 Å². The standard InChI is InChI=1S/C14H13BrN2O3S/c1-8-4-5-9(7-10(8)15)16-14(20)17-12(13(18)19)11-3-2-6-21-11/h2-7,12H,1H3,(H,18,19)(H2,16,17,20). The van der Waals surface area contributed by atoms with Crippen LogP contribution in [0.2, 0.25) is 0 Å². The smallest absolute Gasteiger partial charge is 0.331 e. The minimum atomic E-state index is -1.10. The number of benzene rings is 1. The summed E-state index contributed by atoms with van der Waals surface area (Å²) in [5, 5.41) is 16.0. The van der Waals surface area contributed by atoms with Crippen LogP contribution in [0.3, 0.4) is 0 Å². The largest absolute Gasteiger partial charge is 0.479 e. The zero-order valence-electron chi connectivity index (χ0n) is 11.1. The molecule has 3 N–H and O–H groups in total. The Morgan fingerprint density at radius 2 is 2.10 bits per heavy atom. The third-order valence-corrected chi connectivity index (χ3v) is 4.57. The number of amides is 2. The number of hydrogen-bond acceptors (Lipinski definition) is 3. The predicted molar refractivity (Wildman–Crippen MR) is 85.7 cm³/mol. The second kappa shape index (κ2) is 6.73. The Morgan fingerprint density at radius 3 is 2.67 bits per heavy atom. The molecular weight excluding hydrogens is 356 g/mol. The number of carbonyl (C=O) groups is 2. The number of urea groups is 1. The van der Waals surface area contributed by atoms with Gasteiger partial charge in [-0.1, -0.05) is 28.1 Å². The summed E-state index contributed by atoms with van der Waals surface area (Å²) < 4.78 is 0.869. The monoisotopic (exact) mass is 368 g/mol. The predicted octanol–water partition coefficient (Wildman–Crippen LogP) is 3.77. The molecule has 0 bridgehead atoms. The van der Waals surface area contributed by atoms with E-state index in [4.69, 9.17) is 0 Å². The summed E-state index contributed by atoms with van der Waals surface area (Å²) in [6.07, 6.45) is 0. The quantitative estimate of drug-likeness (QED) is 0.768. The first-order chi connectivity index (χ1) is 9.97. The number of carbonyl (C=O) groups excluding carboxylic acids is 1. The van der Waals surface area contributed by atoms with E-state index in [1.807, 2.05) is 13.0 Å². The van der Waals surface area contributed by atoms with Crippen LogP contribution in [0.1, 0.15) is 16.5 Å². The molecule has 2 aromatic rings. The molecule has 1 aromatic carbocycles. The number of hydrogen-bond donors (Lipinski definition) is 3. The Balaban J connectivity index is 2.06. The Kier molecular flexibility index (Phi) is 4.98. The molecule has 0 aliphatic carbocycles. The van der Waals surface area contributed by atoms with Gasteiger partial charge in [-0.05, 0) is 36.1 Å². The van der Waals surface area contributed by atoms with Crippen molar-refractivity contribution in [2.75, 3.05) is 5.32 Å². The van der Waals surface area contributed by atoms with Gasteiger partial charge in [-0.15, -0.1) is 11.3 Å². The van der Waals surface area contributed by atoms with Crippen molar-refractivity contribution in [1.29, 1.82) is 0 Å². The number of aliphatic carboxylic acids is 1. The van der Waals surface area contributed by atoms with Crippen LogP contribution in [0.5, 0.6) is 0 Å². The normalized spacial score (nSPS) is 11.7. The minimum Gasteiger partial charge on any atom is -0.479 e. The fourth-order valence-corrected chi connectivity index (χ4v) is 2.82. The number of carboxylic acids is 1. The lowest BCUT2D eigenvalue weighted by Crippen LogP contribution is -2.36. The molecule has 1 heterocycles. The fraction of sp³-hybridized carbons (Fsp3) is 0.143. The molecule has 0 saturated heterocycles. The molecule has 0 fully saturated rings. The SMILES string of the molecule is Cc1ccc(NC(=O)NC(C(=O)O)c2cccs2)cc1Br. The Bertz CT molecular complexity index is 658. The lowest BCUT2D eigenvalue weighted by atomic mass is 10.2. The number of aryl methyl sites for hydroxylation is 1. The maximum absolute atomic E-state index is 11.9. The van der Waals surface area contributed by atoms with E-state index in [-0.39, 0.29) is 0 Å². The molecule has 2 amide bonds. The van der Waals surface area contributed by atoms with E-state index in [1.54, 1.807) is 29.6 Å². The number of carboxylic acid groups (broad SMARTS) is 1. The summed E-state index contributed by atoms with van der Waals surface area (Å²) in [7, 11) is 0. The van der Waals surface area contributed by atoms with Gasteiger partial charge in [0.2, 0.25) is 0 Å².